The number of aryl methyl sites for hydroxylation is 1. The van der Waals surface area contributed by atoms with Gasteiger partial charge in [-0.15, -0.1) is 0 Å². The lowest BCUT2D eigenvalue weighted by Gasteiger charge is -2.33. The van der Waals surface area contributed by atoms with Crippen molar-refractivity contribution < 1.29 is 22.4 Å². The monoisotopic (exact) mass is 651 g/mol. The highest BCUT2D eigenvalue weighted by Crippen LogP contribution is 2.26. The molecule has 0 aliphatic carbocycles. The van der Waals surface area contributed by atoms with Crippen LogP contribution >= 0.6 is 15.9 Å². The van der Waals surface area contributed by atoms with Crippen molar-refractivity contribution in [1.29, 1.82) is 0 Å². The summed E-state index contributed by atoms with van der Waals surface area (Å²) in [6.45, 7) is 1.34. The van der Waals surface area contributed by atoms with Crippen LogP contribution in [0, 0.1) is 12.7 Å². The van der Waals surface area contributed by atoms with Gasteiger partial charge in [-0.1, -0.05) is 76.1 Å². The molecule has 218 valence electrons. The number of anilines is 1. The molecule has 0 radical (unpaired) electrons. The van der Waals surface area contributed by atoms with Crippen LogP contribution in [-0.4, -0.2) is 44.8 Å². The van der Waals surface area contributed by atoms with Crippen LogP contribution in [0.15, 0.2) is 112 Å². The maximum absolute atomic E-state index is 14.2. The van der Waals surface area contributed by atoms with Crippen LogP contribution in [0.4, 0.5) is 10.1 Å². The second kappa shape index (κ2) is 13.8. The van der Waals surface area contributed by atoms with Crippen LogP contribution < -0.4 is 9.62 Å². The number of hydrogen-bond acceptors (Lipinski definition) is 4. The molecule has 0 aliphatic heterocycles. The predicted molar refractivity (Wildman–Crippen MR) is 165 cm³/mol. The summed E-state index contributed by atoms with van der Waals surface area (Å²) in [6.07, 6.45) is 0.218. The Morgan fingerprint density at radius 3 is 2.14 bits per heavy atom. The van der Waals surface area contributed by atoms with E-state index < -0.39 is 34.3 Å². The first-order chi connectivity index (χ1) is 20.1. The SMILES string of the molecule is CNC(=O)[C@@H](Cc1ccccc1)N(Cc1cccc(Br)c1)C(=O)CN(c1ccc(C)cc1)S(=O)(=O)c1ccc(F)cc1. The molecule has 1 N–H and O–H groups in total. The third-order valence-corrected chi connectivity index (χ3v) is 9.04. The summed E-state index contributed by atoms with van der Waals surface area (Å²) in [5.74, 6) is -1.54. The van der Waals surface area contributed by atoms with E-state index in [1.165, 1.54) is 24.1 Å². The minimum atomic E-state index is -4.29. The topological polar surface area (TPSA) is 86.8 Å². The van der Waals surface area contributed by atoms with Gasteiger partial charge in [0.15, 0.2) is 0 Å². The van der Waals surface area contributed by atoms with Crippen molar-refractivity contribution in [3.8, 4) is 0 Å². The number of amides is 2. The lowest BCUT2D eigenvalue weighted by molar-refractivity contribution is -0.139. The fourth-order valence-corrected chi connectivity index (χ4v) is 6.39. The summed E-state index contributed by atoms with van der Waals surface area (Å²) in [6, 6.07) is 26.9. The fourth-order valence-electron chi connectivity index (χ4n) is 4.53. The molecule has 1 atom stereocenters. The molecular weight excluding hydrogens is 621 g/mol. The lowest BCUT2D eigenvalue weighted by atomic mass is 10.0. The van der Waals surface area contributed by atoms with Gasteiger partial charge in [0.1, 0.15) is 18.4 Å². The Hall–Kier alpha value is -4.02. The van der Waals surface area contributed by atoms with Gasteiger partial charge in [-0.3, -0.25) is 13.9 Å². The largest absolute Gasteiger partial charge is 0.357 e. The fraction of sp³-hybridized carbons (Fsp3) is 0.188. The van der Waals surface area contributed by atoms with E-state index >= 15 is 0 Å². The molecule has 0 saturated heterocycles. The summed E-state index contributed by atoms with van der Waals surface area (Å²) in [4.78, 5) is 28.8. The molecule has 0 heterocycles. The molecular formula is C32H31BrFN3O4S. The van der Waals surface area contributed by atoms with E-state index in [9.17, 15) is 22.4 Å². The zero-order valence-corrected chi connectivity index (χ0v) is 25.6. The van der Waals surface area contributed by atoms with Crippen molar-refractivity contribution in [3.63, 3.8) is 0 Å². The number of likely N-dealkylation sites (N-methyl/N-ethyl adjacent to an activating group) is 1. The van der Waals surface area contributed by atoms with Crippen LogP contribution in [-0.2, 0) is 32.6 Å². The molecule has 0 aliphatic rings. The summed E-state index contributed by atoms with van der Waals surface area (Å²) < 4.78 is 43.2. The van der Waals surface area contributed by atoms with Crippen molar-refractivity contribution in [1.82, 2.24) is 10.2 Å². The molecule has 2 amide bonds. The highest BCUT2D eigenvalue weighted by molar-refractivity contribution is 9.10. The van der Waals surface area contributed by atoms with E-state index in [2.05, 4.69) is 21.2 Å². The molecule has 10 heteroatoms. The molecule has 4 aromatic rings. The molecule has 7 nitrogen and oxygen atoms in total. The third kappa shape index (κ3) is 7.63. The molecule has 0 bridgehead atoms. The van der Waals surface area contributed by atoms with Gasteiger partial charge in [0.2, 0.25) is 11.8 Å². The Kier molecular flexibility index (Phi) is 10.1. The number of nitrogens with one attached hydrogen (secondary N) is 1. The first-order valence-corrected chi connectivity index (χ1v) is 15.5. The molecule has 0 fully saturated rings. The molecule has 0 spiro atoms. The predicted octanol–water partition coefficient (Wildman–Crippen LogP) is 5.48. The Morgan fingerprint density at radius 1 is 0.881 bits per heavy atom. The van der Waals surface area contributed by atoms with Gasteiger partial charge in [0.25, 0.3) is 10.0 Å². The average molecular weight is 653 g/mol. The third-order valence-electron chi connectivity index (χ3n) is 6.76. The van der Waals surface area contributed by atoms with Gasteiger partial charge >= 0.3 is 0 Å². The zero-order chi connectivity index (χ0) is 30.3. The second-order valence-corrected chi connectivity index (χ2v) is 12.6. The van der Waals surface area contributed by atoms with Gasteiger partial charge in [-0.2, -0.15) is 0 Å². The highest BCUT2D eigenvalue weighted by Gasteiger charge is 2.34. The first-order valence-electron chi connectivity index (χ1n) is 13.2. The van der Waals surface area contributed by atoms with Crippen LogP contribution in [0.25, 0.3) is 0 Å². The first kappa shape index (κ1) is 30.9. The molecule has 0 saturated carbocycles. The number of carbonyl (C=O) groups excluding carboxylic acids is 2. The van der Waals surface area contributed by atoms with Crippen molar-refractivity contribution in [2.75, 3.05) is 17.9 Å². The number of benzene rings is 4. The van der Waals surface area contributed by atoms with Crippen LogP contribution in [0.2, 0.25) is 0 Å². The minimum absolute atomic E-state index is 0.0571. The number of halogens is 2. The molecule has 4 rings (SSSR count). The lowest BCUT2D eigenvalue weighted by Crippen LogP contribution is -2.53. The minimum Gasteiger partial charge on any atom is -0.357 e. The van der Waals surface area contributed by atoms with Crippen molar-refractivity contribution in [2.24, 2.45) is 0 Å². The molecule has 0 unspecified atom stereocenters. The van der Waals surface area contributed by atoms with Gasteiger partial charge < -0.3 is 10.2 Å². The number of hydrogen-bond donors (Lipinski definition) is 1. The van der Waals surface area contributed by atoms with E-state index in [-0.39, 0.29) is 29.5 Å². The second-order valence-electron chi connectivity index (χ2n) is 9.77. The molecule has 42 heavy (non-hydrogen) atoms. The summed E-state index contributed by atoms with van der Waals surface area (Å²) >= 11 is 3.46. The maximum atomic E-state index is 14.2. The summed E-state index contributed by atoms with van der Waals surface area (Å²) in [5, 5.41) is 2.66. The van der Waals surface area contributed by atoms with Crippen molar-refractivity contribution in [2.45, 2.75) is 30.8 Å². The zero-order valence-electron chi connectivity index (χ0n) is 23.2. The maximum Gasteiger partial charge on any atom is 0.264 e. The van der Waals surface area contributed by atoms with E-state index in [4.69, 9.17) is 0 Å². The van der Waals surface area contributed by atoms with Crippen LogP contribution in [0.3, 0.4) is 0 Å². The van der Waals surface area contributed by atoms with Gasteiger partial charge in [0.05, 0.1) is 10.6 Å². The highest BCUT2D eigenvalue weighted by atomic mass is 79.9. The van der Waals surface area contributed by atoms with Gasteiger partial charge in [-0.05, 0) is 66.6 Å². The summed E-state index contributed by atoms with van der Waals surface area (Å²) in [7, 11) is -2.79. The average Bonchev–Trinajstić information content (AvgIpc) is 2.98. The quantitative estimate of drug-likeness (QED) is 0.233. The van der Waals surface area contributed by atoms with E-state index in [0.29, 0.717) is 0 Å². The number of rotatable bonds is 11. The Morgan fingerprint density at radius 2 is 1.52 bits per heavy atom. The number of carbonyl (C=O) groups is 2. The smallest absolute Gasteiger partial charge is 0.264 e. The normalized spacial score (nSPS) is 11.9. The Bertz CT molecular complexity index is 1630. The van der Waals surface area contributed by atoms with E-state index in [1.54, 1.807) is 24.3 Å². The Labute approximate surface area is 254 Å². The van der Waals surface area contributed by atoms with E-state index in [0.717, 1.165) is 37.6 Å². The number of nitrogens with zero attached hydrogens (tertiary/aromatic N) is 2. The van der Waals surface area contributed by atoms with E-state index in [1.807, 2.05) is 61.5 Å². The van der Waals surface area contributed by atoms with Gasteiger partial charge in [0, 0.05) is 24.5 Å². The molecule has 0 aromatic heterocycles. The van der Waals surface area contributed by atoms with Crippen molar-refractivity contribution >= 4 is 43.5 Å². The van der Waals surface area contributed by atoms with Crippen LogP contribution in [0.1, 0.15) is 16.7 Å². The standard InChI is InChI=1S/C32H31BrFN3O4S/c1-23-11-15-28(16-12-23)37(42(40,41)29-17-13-27(34)14-18-29)22-31(38)36(21-25-9-6-10-26(33)19-25)30(32(39)35-2)20-24-7-4-3-5-8-24/h3-19,30H,20-22H2,1-2H3,(H,35,39)/t30-/m1/s1. The Balaban J connectivity index is 1.78. The van der Waals surface area contributed by atoms with Gasteiger partial charge in [-0.25, -0.2) is 12.8 Å². The molecule has 4 aromatic carbocycles. The van der Waals surface area contributed by atoms with Crippen molar-refractivity contribution in [3.05, 3.63) is 130 Å². The van der Waals surface area contributed by atoms with Crippen LogP contribution in [0.5, 0.6) is 0 Å². The number of sulfonamides is 1. The summed E-state index contributed by atoms with van der Waals surface area (Å²) in [5.41, 5.74) is 2.76.